The van der Waals surface area contributed by atoms with Gasteiger partial charge in [-0.25, -0.2) is 4.86 Å². The number of hydrogen-bond acceptors (Lipinski definition) is 3. The van der Waals surface area contributed by atoms with Gasteiger partial charge in [-0.1, -0.05) is 16.7 Å². The third-order valence-corrected chi connectivity index (χ3v) is 1.65. The fraction of sp³-hybridized carbons (Fsp3) is 0.250. The van der Waals surface area contributed by atoms with Gasteiger partial charge in [0.15, 0.2) is 0 Å². The van der Waals surface area contributed by atoms with E-state index in [-0.39, 0.29) is 6.32 Å². The minimum absolute atomic E-state index is 0.105. The molecule has 0 aliphatic heterocycles. The van der Waals surface area contributed by atoms with Gasteiger partial charge in [0.25, 0.3) is 0 Å². The molecule has 0 unspecified atom stereocenters. The number of methoxy groups -OCH3 is 1. The van der Waals surface area contributed by atoms with Crippen LogP contribution in [-0.4, -0.2) is 19.3 Å². The summed E-state index contributed by atoms with van der Waals surface area (Å²) < 4.78 is 16.4. The van der Waals surface area contributed by atoms with Crippen molar-refractivity contribution in [3.63, 3.8) is 0 Å². The highest BCUT2D eigenvalue weighted by Crippen LogP contribution is 2.13. The Morgan fingerprint density at radius 2 is 2.31 bits per heavy atom. The molecule has 0 fully saturated rings. The molecule has 13 heavy (non-hydrogen) atoms. The predicted molar refractivity (Wildman–Crippen MR) is 46.9 cm³/mol. The zero-order valence-corrected chi connectivity index (χ0v) is 7.24. The van der Waals surface area contributed by atoms with Crippen LogP contribution in [0.5, 0.6) is 5.75 Å². The minimum Gasteiger partial charge on any atom is -0.497 e. The average Bonchev–Trinajstić information content (AvgIpc) is 2.18. The number of ether oxygens (including phenoxy) is 1. The Bertz CT molecular complexity index is 269. The van der Waals surface area contributed by atoms with Gasteiger partial charge in [-0.15, -0.1) is 0 Å². The molecule has 0 saturated carbocycles. The van der Waals surface area contributed by atoms with Gasteiger partial charge < -0.3 is 9.76 Å². The van der Waals surface area contributed by atoms with Gasteiger partial charge in [0.1, 0.15) is 5.75 Å². The lowest BCUT2D eigenvalue weighted by atomic mass is 9.82. The Balaban J connectivity index is 2.66. The highest BCUT2D eigenvalue weighted by Gasteiger charge is 2.14. The predicted octanol–water partition coefficient (Wildman–Crippen LogP) is 1.16. The average molecular weight is 184 g/mol. The quantitative estimate of drug-likeness (QED) is 0.713. The normalized spacial score (nSPS) is 9.77. The van der Waals surface area contributed by atoms with E-state index in [1.807, 2.05) is 0 Å². The van der Waals surface area contributed by atoms with E-state index in [9.17, 15) is 4.53 Å². The molecule has 1 aromatic carbocycles. The van der Waals surface area contributed by atoms with E-state index in [2.05, 4.69) is 4.86 Å². The van der Waals surface area contributed by atoms with Crippen molar-refractivity contribution < 1.29 is 19.1 Å². The summed E-state index contributed by atoms with van der Waals surface area (Å²) in [6.45, 7) is 0. The van der Waals surface area contributed by atoms with Crippen LogP contribution in [0.15, 0.2) is 24.3 Å². The van der Waals surface area contributed by atoms with E-state index in [0.29, 0.717) is 5.75 Å². The summed E-state index contributed by atoms with van der Waals surface area (Å²) in [6, 6.07) is 7.00. The summed E-state index contributed by atoms with van der Waals surface area (Å²) in [4.78, 5) is 3.24. The molecular weight excluding hydrogens is 174 g/mol. The highest BCUT2D eigenvalue weighted by atomic mass is 19.3. The van der Waals surface area contributed by atoms with Crippen LogP contribution in [-0.2, 0) is 11.2 Å². The van der Waals surface area contributed by atoms with Crippen molar-refractivity contribution in [3.8, 4) is 5.75 Å². The van der Waals surface area contributed by atoms with E-state index in [4.69, 9.17) is 9.76 Å². The lowest BCUT2D eigenvalue weighted by Gasteiger charge is -2.03. The summed E-state index contributed by atoms with van der Waals surface area (Å²) in [6.07, 6.45) is 0.105. The fourth-order valence-electron chi connectivity index (χ4n) is 1.03. The van der Waals surface area contributed by atoms with Gasteiger partial charge in [0.05, 0.1) is 7.11 Å². The summed E-state index contributed by atoms with van der Waals surface area (Å²) in [5.74, 6) is 0.670. The monoisotopic (exact) mass is 184 g/mol. The van der Waals surface area contributed by atoms with Crippen molar-refractivity contribution in [2.24, 2.45) is 0 Å². The van der Waals surface area contributed by atoms with E-state index < -0.39 is 7.12 Å². The van der Waals surface area contributed by atoms with E-state index in [1.165, 1.54) is 0 Å². The maximum Gasteiger partial charge on any atom is 0.499 e. The van der Waals surface area contributed by atoms with Crippen molar-refractivity contribution in [3.05, 3.63) is 29.8 Å². The molecule has 1 aromatic rings. The first-order valence-corrected chi connectivity index (χ1v) is 3.84. The number of benzene rings is 1. The van der Waals surface area contributed by atoms with Gasteiger partial charge in [0, 0.05) is 6.32 Å². The zero-order valence-electron chi connectivity index (χ0n) is 7.24. The molecular formula is C8H10BFO3. The highest BCUT2D eigenvalue weighted by molar-refractivity contribution is 6.41. The molecule has 5 heteroatoms. The lowest BCUT2D eigenvalue weighted by Crippen LogP contribution is -2.17. The second-order valence-corrected chi connectivity index (χ2v) is 2.60. The second-order valence-electron chi connectivity index (χ2n) is 2.60. The Labute approximate surface area is 76.1 Å². The van der Waals surface area contributed by atoms with Crippen LogP contribution in [0.1, 0.15) is 5.56 Å². The van der Waals surface area contributed by atoms with E-state index >= 15 is 0 Å². The molecule has 0 heterocycles. The third-order valence-electron chi connectivity index (χ3n) is 1.65. The zero-order chi connectivity index (χ0) is 9.68. The Morgan fingerprint density at radius 3 is 2.92 bits per heavy atom. The fourth-order valence-corrected chi connectivity index (χ4v) is 1.03. The first kappa shape index (κ1) is 10.0. The molecule has 0 aromatic heterocycles. The van der Waals surface area contributed by atoms with E-state index in [0.717, 1.165) is 5.56 Å². The minimum atomic E-state index is -1.41. The Morgan fingerprint density at radius 1 is 1.54 bits per heavy atom. The second kappa shape index (κ2) is 4.84. The molecule has 0 aliphatic carbocycles. The SMILES string of the molecule is COc1cccc(CB(O)OF)c1. The lowest BCUT2D eigenvalue weighted by molar-refractivity contribution is -0.0319. The van der Waals surface area contributed by atoms with Gasteiger partial charge in [-0.2, -0.15) is 0 Å². The topological polar surface area (TPSA) is 38.7 Å². The third kappa shape index (κ3) is 3.04. The molecule has 0 atom stereocenters. The summed E-state index contributed by atoms with van der Waals surface area (Å²) in [5.41, 5.74) is 0.754. The smallest absolute Gasteiger partial charge is 0.497 e. The van der Waals surface area contributed by atoms with Crippen LogP contribution in [0.4, 0.5) is 4.53 Å². The summed E-state index contributed by atoms with van der Waals surface area (Å²) in [5, 5.41) is 8.84. The van der Waals surface area contributed by atoms with Gasteiger partial charge >= 0.3 is 7.12 Å². The number of halogens is 1. The van der Waals surface area contributed by atoms with Crippen LogP contribution >= 0.6 is 0 Å². The molecule has 0 radical (unpaired) electrons. The largest absolute Gasteiger partial charge is 0.499 e. The van der Waals surface area contributed by atoms with Gasteiger partial charge in [-0.3, -0.25) is 0 Å². The van der Waals surface area contributed by atoms with Crippen LogP contribution < -0.4 is 4.74 Å². The first-order chi connectivity index (χ1) is 6.26. The van der Waals surface area contributed by atoms with Crippen molar-refractivity contribution in [1.29, 1.82) is 0 Å². The molecule has 0 spiro atoms. The molecule has 0 amide bonds. The molecule has 0 saturated heterocycles. The van der Waals surface area contributed by atoms with Crippen LogP contribution in [0.25, 0.3) is 0 Å². The van der Waals surface area contributed by atoms with Crippen molar-refractivity contribution in [2.75, 3.05) is 7.11 Å². The maximum absolute atomic E-state index is 11.5. The van der Waals surface area contributed by atoms with Gasteiger partial charge in [-0.05, 0) is 17.7 Å². The number of rotatable bonds is 4. The van der Waals surface area contributed by atoms with Crippen LogP contribution in [0, 0.1) is 0 Å². The van der Waals surface area contributed by atoms with Crippen LogP contribution in [0.3, 0.4) is 0 Å². The Hall–Kier alpha value is -1.07. The van der Waals surface area contributed by atoms with Crippen LogP contribution in [0.2, 0.25) is 0 Å². The number of hydrogen-bond donors (Lipinski definition) is 1. The van der Waals surface area contributed by atoms with Crippen molar-refractivity contribution in [2.45, 2.75) is 6.32 Å². The first-order valence-electron chi connectivity index (χ1n) is 3.84. The molecule has 0 bridgehead atoms. The molecule has 1 N–H and O–H groups in total. The summed E-state index contributed by atoms with van der Waals surface area (Å²) >= 11 is 0. The molecule has 3 nitrogen and oxygen atoms in total. The van der Waals surface area contributed by atoms with Crippen molar-refractivity contribution >= 4 is 7.12 Å². The Kier molecular flexibility index (Phi) is 3.73. The summed E-state index contributed by atoms with van der Waals surface area (Å²) in [7, 11) is 0.133. The molecule has 1 rings (SSSR count). The standard InChI is InChI=1S/C8H10BFO3/c1-12-8-4-2-3-7(5-8)6-9(11)13-10/h2-5,11H,6H2,1H3. The van der Waals surface area contributed by atoms with E-state index in [1.54, 1.807) is 31.4 Å². The molecule has 0 aliphatic rings. The molecule has 70 valence electrons. The van der Waals surface area contributed by atoms with Gasteiger partial charge in [0.2, 0.25) is 0 Å². The van der Waals surface area contributed by atoms with Crippen molar-refractivity contribution in [1.82, 2.24) is 0 Å². The maximum atomic E-state index is 11.5.